The molecule has 2 aromatic rings. The highest BCUT2D eigenvalue weighted by Crippen LogP contribution is 2.68. The van der Waals surface area contributed by atoms with Crippen LogP contribution in [-0.2, 0) is 14.4 Å². The fourth-order valence-electron chi connectivity index (χ4n) is 7.17. The van der Waals surface area contributed by atoms with Crippen molar-refractivity contribution in [2.75, 3.05) is 0 Å². The first kappa shape index (κ1) is 22.8. The summed E-state index contributed by atoms with van der Waals surface area (Å²) in [5, 5.41) is 20.6. The highest BCUT2D eigenvalue weighted by Gasteiger charge is 2.70. The van der Waals surface area contributed by atoms with Crippen LogP contribution in [0.4, 0.5) is 0 Å². The van der Waals surface area contributed by atoms with Gasteiger partial charge in [-0.3, -0.25) is 19.3 Å². The van der Waals surface area contributed by atoms with Crippen LogP contribution in [0.15, 0.2) is 34.1 Å². The number of carboxylic acids is 1. The number of hydrogen-bond acceptors (Lipinski definition) is 7. The Balaban J connectivity index is 1.42. The van der Waals surface area contributed by atoms with Crippen LogP contribution in [0.5, 0.6) is 5.75 Å². The molecule has 3 heterocycles. The minimum atomic E-state index is -1.14. The molecule has 1 aromatic heterocycles. The number of amides is 2. The number of carbonyl (C=O) groups is 3. The Hall–Kier alpha value is -2.59. The summed E-state index contributed by atoms with van der Waals surface area (Å²) >= 11 is 2.78. The molecule has 2 bridgehead atoms. The number of fused-ring (bicyclic) bond motifs is 9. The molecule has 184 valence electrons. The van der Waals surface area contributed by atoms with Gasteiger partial charge in [0.15, 0.2) is 0 Å². The quantitative estimate of drug-likeness (QED) is 0.523. The monoisotopic (exact) mass is 514 g/mol. The second-order valence-corrected chi connectivity index (χ2v) is 12.8. The van der Waals surface area contributed by atoms with Crippen molar-refractivity contribution in [2.45, 2.75) is 48.9 Å². The van der Waals surface area contributed by atoms with E-state index < -0.39 is 23.8 Å². The molecule has 8 atom stereocenters. The second kappa shape index (κ2) is 7.96. The number of nitrogens with one attached hydrogen (secondary N) is 1. The number of H-pyrrole nitrogens is 1. The predicted octanol–water partition coefficient (Wildman–Crippen LogP) is 3.11. The molecule has 4 aliphatic rings. The number of aliphatic carboxylic acids is 1. The number of benzene rings is 1. The van der Waals surface area contributed by atoms with Gasteiger partial charge in [0, 0.05) is 16.0 Å². The summed E-state index contributed by atoms with van der Waals surface area (Å²) in [5.74, 6) is -2.86. The number of aromatic amines is 1. The molecular weight excluding hydrogens is 488 g/mol. The predicted molar refractivity (Wildman–Crippen MR) is 129 cm³/mol. The van der Waals surface area contributed by atoms with E-state index in [1.54, 1.807) is 23.9 Å². The Bertz CT molecular complexity index is 1280. The first-order chi connectivity index (χ1) is 16.7. The number of rotatable bonds is 5. The number of carbonyl (C=O) groups excluding carboxylic acids is 2. The Kier molecular flexibility index (Phi) is 5.20. The first-order valence-electron chi connectivity index (χ1n) is 12.0. The number of thiazole rings is 1. The summed E-state index contributed by atoms with van der Waals surface area (Å²) in [5.41, 5.74) is 0.968. The number of aromatic nitrogens is 1. The Labute approximate surface area is 209 Å². The lowest BCUT2D eigenvalue weighted by atomic mass is 9.68. The number of carboxylic acid groups (broad SMARTS) is 1. The van der Waals surface area contributed by atoms with Gasteiger partial charge in [-0.15, -0.1) is 11.8 Å². The normalized spacial score (nSPS) is 33.7. The number of nitrogens with zero attached hydrogens (tertiary/aromatic N) is 1. The lowest BCUT2D eigenvalue weighted by Crippen LogP contribution is -2.47. The largest absolute Gasteiger partial charge is 0.508 e. The van der Waals surface area contributed by atoms with Gasteiger partial charge in [-0.1, -0.05) is 37.3 Å². The number of aromatic hydroxyl groups is 1. The van der Waals surface area contributed by atoms with Crippen molar-refractivity contribution in [1.29, 1.82) is 0 Å². The van der Waals surface area contributed by atoms with Crippen molar-refractivity contribution in [2.24, 2.45) is 35.5 Å². The molecule has 8 nitrogen and oxygen atoms in total. The maximum absolute atomic E-state index is 13.7. The van der Waals surface area contributed by atoms with Gasteiger partial charge in [0.25, 0.3) is 0 Å². The van der Waals surface area contributed by atoms with Crippen molar-refractivity contribution in [3.63, 3.8) is 0 Å². The third kappa shape index (κ3) is 3.25. The molecular formula is C25H26N2O6S2. The zero-order chi connectivity index (χ0) is 24.8. The smallest absolute Gasteiger partial charge is 0.326 e. The van der Waals surface area contributed by atoms with E-state index in [-0.39, 0.29) is 63.7 Å². The van der Waals surface area contributed by atoms with Gasteiger partial charge in [0.1, 0.15) is 11.8 Å². The van der Waals surface area contributed by atoms with Crippen molar-refractivity contribution >= 4 is 40.9 Å². The van der Waals surface area contributed by atoms with Gasteiger partial charge in [0.2, 0.25) is 11.8 Å². The minimum Gasteiger partial charge on any atom is -0.508 e. The van der Waals surface area contributed by atoms with Gasteiger partial charge in [0.05, 0.1) is 16.9 Å². The number of thioether (sulfide) groups is 1. The summed E-state index contributed by atoms with van der Waals surface area (Å²) in [6.07, 6.45) is 0.983. The Morgan fingerprint density at radius 1 is 1.11 bits per heavy atom. The van der Waals surface area contributed by atoms with Crippen LogP contribution in [-0.4, -0.2) is 49.2 Å². The van der Waals surface area contributed by atoms with Crippen molar-refractivity contribution in [3.8, 4) is 5.75 Å². The Morgan fingerprint density at radius 3 is 2.40 bits per heavy atom. The number of imide groups is 1. The van der Waals surface area contributed by atoms with E-state index in [4.69, 9.17) is 0 Å². The molecule has 6 rings (SSSR count). The van der Waals surface area contributed by atoms with Crippen LogP contribution in [0.2, 0.25) is 0 Å². The summed E-state index contributed by atoms with van der Waals surface area (Å²) in [7, 11) is 0. The number of likely N-dealkylation sites (tertiary alicyclic amines) is 1. The molecule has 0 radical (unpaired) electrons. The van der Waals surface area contributed by atoms with Crippen molar-refractivity contribution in [3.05, 3.63) is 44.4 Å². The van der Waals surface area contributed by atoms with Gasteiger partial charge < -0.3 is 15.2 Å². The average molecular weight is 515 g/mol. The topological polar surface area (TPSA) is 128 Å². The second-order valence-electron chi connectivity index (χ2n) is 10.6. The minimum absolute atomic E-state index is 0.0266. The maximum atomic E-state index is 13.7. The van der Waals surface area contributed by atoms with Gasteiger partial charge in [-0.25, -0.2) is 4.79 Å². The zero-order valence-corrected chi connectivity index (χ0v) is 20.8. The summed E-state index contributed by atoms with van der Waals surface area (Å²) in [6, 6.07) is 5.85. The third-order valence-corrected chi connectivity index (χ3v) is 10.9. The van der Waals surface area contributed by atoms with Gasteiger partial charge >= 0.3 is 10.8 Å². The molecule has 10 heteroatoms. The molecule has 3 N–H and O–H groups in total. The molecule has 2 aliphatic heterocycles. The maximum Gasteiger partial charge on any atom is 0.326 e. The SMILES string of the molecule is CC(C)CC(C(=O)O)N1C(=O)C2C3CC(C2C1=O)C1C(c2ccc(O)cc2)c2sc(=O)[nH]c2SC31. The standard InChI is InChI=1S/C25H26N2O6S2/c1-9(2)7-14(24(31)32)27-22(29)17-12-8-13(18(17)23(27)30)19-16(12)15(10-3-5-11(28)6-4-10)20-21(34-19)26-25(33)35-20/h3-6,9,12-19,28H,7-8H2,1-2H3,(H,26,33)(H,31,32). The van der Waals surface area contributed by atoms with Crippen molar-refractivity contribution in [1.82, 2.24) is 9.88 Å². The van der Waals surface area contributed by atoms with E-state index in [1.807, 2.05) is 26.0 Å². The third-order valence-electron chi connectivity index (χ3n) is 8.30. The van der Waals surface area contributed by atoms with Crippen LogP contribution < -0.4 is 4.87 Å². The van der Waals surface area contributed by atoms with E-state index in [9.17, 15) is 29.4 Å². The van der Waals surface area contributed by atoms with E-state index in [0.29, 0.717) is 0 Å². The van der Waals surface area contributed by atoms with E-state index >= 15 is 0 Å². The molecule has 0 spiro atoms. The molecule has 2 amide bonds. The fraction of sp³-hybridized carbons (Fsp3) is 0.520. The van der Waals surface area contributed by atoms with Gasteiger partial charge in [-0.05, 0) is 54.2 Å². The fourth-order valence-corrected chi connectivity index (χ4v) is 10.1. The molecule has 35 heavy (non-hydrogen) atoms. The highest BCUT2D eigenvalue weighted by molar-refractivity contribution is 8.00. The number of hydrogen-bond donors (Lipinski definition) is 3. The molecule has 2 saturated carbocycles. The summed E-state index contributed by atoms with van der Waals surface area (Å²) in [6.45, 7) is 3.77. The molecule has 3 fully saturated rings. The molecule has 2 aliphatic carbocycles. The number of phenols is 1. The van der Waals surface area contributed by atoms with Crippen LogP contribution in [0.3, 0.4) is 0 Å². The molecule has 1 aromatic carbocycles. The molecule has 1 saturated heterocycles. The van der Waals surface area contributed by atoms with Crippen LogP contribution in [0.25, 0.3) is 0 Å². The van der Waals surface area contributed by atoms with Crippen LogP contribution >= 0.6 is 23.1 Å². The van der Waals surface area contributed by atoms with Gasteiger partial charge in [-0.2, -0.15) is 0 Å². The van der Waals surface area contributed by atoms with Crippen LogP contribution in [0, 0.1) is 35.5 Å². The molecule has 8 unspecified atom stereocenters. The lowest BCUT2D eigenvalue weighted by Gasteiger charge is -2.43. The first-order valence-corrected chi connectivity index (χ1v) is 13.6. The summed E-state index contributed by atoms with van der Waals surface area (Å²) < 4.78 is 0. The zero-order valence-electron chi connectivity index (χ0n) is 19.2. The van der Waals surface area contributed by atoms with Crippen molar-refractivity contribution < 1.29 is 24.6 Å². The average Bonchev–Trinajstić information content (AvgIpc) is 3.52. The summed E-state index contributed by atoms with van der Waals surface area (Å²) in [4.78, 5) is 56.4. The lowest BCUT2D eigenvalue weighted by molar-refractivity contribution is -0.156. The highest BCUT2D eigenvalue weighted by atomic mass is 32.2. The van der Waals surface area contributed by atoms with E-state index in [0.717, 1.165) is 26.8 Å². The van der Waals surface area contributed by atoms with Crippen LogP contribution in [0.1, 0.15) is 43.0 Å². The van der Waals surface area contributed by atoms with E-state index in [2.05, 4.69) is 4.98 Å². The Morgan fingerprint density at radius 2 is 1.77 bits per heavy atom. The number of phenolic OH excluding ortho intramolecular Hbond substituents is 1. The van der Waals surface area contributed by atoms with E-state index in [1.165, 1.54) is 11.3 Å².